The third-order valence-corrected chi connectivity index (χ3v) is 3.45. The summed E-state index contributed by atoms with van der Waals surface area (Å²) in [6.07, 6.45) is 2.06. The minimum atomic E-state index is 0.441. The van der Waals surface area contributed by atoms with Gasteiger partial charge in [-0.3, -0.25) is 0 Å². The standard InChI is InChI=1S/C11H15FS2/c1-10-4-6-11(7-5-10)13-8-2-3-9-14-12/h4-7H,2-3,8-9H2,1H3. The lowest BCUT2D eigenvalue weighted by Crippen LogP contribution is -1.82. The third kappa shape index (κ3) is 4.91. The molecule has 1 aromatic rings. The summed E-state index contributed by atoms with van der Waals surface area (Å²) in [6, 6.07) is 8.54. The van der Waals surface area contributed by atoms with Gasteiger partial charge < -0.3 is 0 Å². The quantitative estimate of drug-likeness (QED) is 0.522. The number of hydrogen-bond acceptors (Lipinski definition) is 2. The van der Waals surface area contributed by atoms with Crippen LogP contribution in [0.25, 0.3) is 0 Å². The van der Waals surface area contributed by atoms with Crippen LogP contribution in [0.15, 0.2) is 29.2 Å². The SMILES string of the molecule is Cc1ccc(SCCCCSF)cc1. The van der Waals surface area contributed by atoms with Crippen LogP contribution in [-0.4, -0.2) is 11.5 Å². The van der Waals surface area contributed by atoms with E-state index in [-0.39, 0.29) is 0 Å². The van der Waals surface area contributed by atoms with Gasteiger partial charge in [0.05, 0.1) is 0 Å². The fourth-order valence-electron chi connectivity index (χ4n) is 1.08. The van der Waals surface area contributed by atoms with Crippen molar-refractivity contribution >= 4 is 23.9 Å². The average Bonchev–Trinajstić information content (AvgIpc) is 2.21. The van der Waals surface area contributed by atoms with Crippen molar-refractivity contribution < 1.29 is 3.89 Å². The van der Waals surface area contributed by atoms with E-state index in [1.54, 1.807) is 0 Å². The van der Waals surface area contributed by atoms with Gasteiger partial charge in [0.1, 0.15) is 0 Å². The second-order valence-electron chi connectivity index (χ2n) is 3.18. The van der Waals surface area contributed by atoms with Gasteiger partial charge in [0.25, 0.3) is 0 Å². The summed E-state index contributed by atoms with van der Waals surface area (Å²) in [5.41, 5.74) is 1.29. The van der Waals surface area contributed by atoms with Crippen LogP contribution >= 0.6 is 23.9 Å². The molecule has 0 aromatic heterocycles. The van der Waals surface area contributed by atoms with E-state index in [0.29, 0.717) is 17.9 Å². The van der Waals surface area contributed by atoms with Gasteiger partial charge in [-0.25, -0.2) is 0 Å². The van der Waals surface area contributed by atoms with Crippen molar-refractivity contribution in [3.05, 3.63) is 29.8 Å². The van der Waals surface area contributed by atoms with Crippen LogP contribution in [0.3, 0.4) is 0 Å². The average molecular weight is 230 g/mol. The molecule has 0 spiro atoms. The van der Waals surface area contributed by atoms with E-state index in [2.05, 4.69) is 31.2 Å². The van der Waals surface area contributed by atoms with Crippen molar-refractivity contribution in [2.75, 3.05) is 11.5 Å². The molecule has 0 nitrogen and oxygen atoms in total. The van der Waals surface area contributed by atoms with Gasteiger partial charge in [0.15, 0.2) is 0 Å². The maximum absolute atomic E-state index is 11.7. The van der Waals surface area contributed by atoms with Crippen LogP contribution < -0.4 is 0 Å². The Morgan fingerprint density at radius 3 is 2.36 bits per heavy atom. The Kier molecular flexibility index (Phi) is 6.12. The molecule has 0 saturated carbocycles. The first-order valence-electron chi connectivity index (χ1n) is 4.76. The molecule has 3 heteroatoms. The highest BCUT2D eigenvalue weighted by Gasteiger charge is 1.94. The lowest BCUT2D eigenvalue weighted by molar-refractivity contribution is 0.872. The molecular weight excluding hydrogens is 215 g/mol. The summed E-state index contributed by atoms with van der Waals surface area (Å²) in [7, 11) is 0. The predicted octanol–water partition coefficient (Wildman–Crippen LogP) is 4.49. The number of unbranched alkanes of at least 4 members (excludes halogenated alkanes) is 1. The molecule has 14 heavy (non-hydrogen) atoms. The van der Waals surface area contributed by atoms with Crippen LogP contribution in [0.2, 0.25) is 0 Å². The summed E-state index contributed by atoms with van der Waals surface area (Å²) in [5, 5.41) is 0. The first kappa shape index (κ1) is 11.9. The first-order chi connectivity index (χ1) is 6.83. The molecule has 0 aliphatic heterocycles. The molecule has 0 N–H and O–H groups in total. The molecular formula is C11H15FS2. The van der Waals surface area contributed by atoms with Crippen molar-refractivity contribution in [3.63, 3.8) is 0 Å². The summed E-state index contributed by atoms with van der Waals surface area (Å²) >= 11 is 2.29. The zero-order valence-corrected chi connectivity index (χ0v) is 9.97. The van der Waals surface area contributed by atoms with Crippen LogP contribution in [-0.2, 0) is 0 Å². The second kappa shape index (κ2) is 7.18. The molecule has 0 amide bonds. The molecule has 0 aliphatic rings. The summed E-state index contributed by atoms with van der Waals surface area (Å²) in [6.45, 7) is 2.09. The molecule has 1 rings (SSSR count). The smallest absolute Gasteiger partial charge is 0.0443 e. The minimum absolute atomic E-state index is 0.441. The van der Waals surface area contributed by atoms with Gasteiger partial charge in [0, 0.05) is 22.8 Å². The van der Waals surface area contributed by atoms with Crippen molar-refractivity contribution in [1.82, 2.24) is 0 Å². The van der Waals surface area contributed by atoms with Crippen molar-refractivity contribution in [3.8, 4) is 0 Å². The molecule has 1 aromatic carbocycles. The van der Waals surface area contributed by atoms with E-state index in [4.69, 9.17) is 0 Å². The molecule has 0 unspecified atom stereocenters. The Hall–Kier alpha value is -0.150. The van der Waals surface area contributed by atoms with Crippen LogP contribution in [0.1, 0.15) is 18.4 Å². The Morgan fingerprint density at radius 1 is 1.07 bits per heavy atom. The summed E-state index contributed by atoms with van der Waals surface area (Å²) in [5.74, 6) is 1.72. The highest BCUT2D eigenvalue weighted by molar-refractivity contribution is 7.99. The van der Waals surface area contributed by atoms with Crippen molar-refractivity contribution in [2.45, 2.75) is 24.7 Å². The largest absolute Gasteiger partial charge is 0.165 e. The van der Waals surface area contributed by atoms with E-state index in [9.17, 15) is 3.89 Å². The Balaban J connectivity index is 2.15. The number of halogens is 1. The predicted molar refractivity (Wildman–Crippen MR) is 64.7 cm³/mol. The van der Waals surface area contributed by atoms with E-state index < -0.39 is 0 Å². The van der Waals surface area contributed by atoms with Crippen molar-refractivity contribution in [1.29, 1.82) is 0 Å². The lowest BCUT2D eigenvalue weighted by Gasteiger charge is -2.01. The van der Waals surface area contributed by atoms with E-state index in [1.165, 1.54) is 10.5 Å². The van der Waals surface area contributed by atoms with Crippen LogP contribution in [0, 0.1) is 6.92 Å². The normalized spacial score (nSPS) is 10.4. The van der Waals surface area contributed by atoms with E-state index >= 15 is 0 Å². The minimum Gasteiger partial charge on any atom is -0.165 e. The number of thioether (sulfide) groups is 1. The third-order valence-electron chi connectivity index (χ3n) is 1.91. The Bertz CT molecular complexity index is 246. The number of aryl methyl sites for hydroxylation is 1. The van der Waals surface area contributed by atoms with Gasteiger partial charge >= 0.3 is 0 Å². The molecule has 78 valence electrons. The van der Waals surface area contributed by atoms with Gasteiger partial charge in [-0.2, -0.15) is 3.89 Å². The highest BCUT2D eigenvalue weighted by atomic mass is 32.2. The topological polar surface area (TPSA) is 0 Å². The Labute approximate surface area is 94.0 Å². The van der Waals surface area contributed by atoms with Gasteiger partial charge in [0.2, 0.25) is 0 Å². The van der Waals surface area contributed by atoms with E-state index in [1.807, 2.05) is 11.8 Å². The number of hydrogen-bond donors (Lipinski definition) is 0. The molecule has 0 bridgehead atoms. The fraction of sp³-hybridized carbons (Fsp3) is 0.455. The zero-order valence-electron chi connectivity index (χ0n) is 8.33. The fourth-order valence-corrected chi connectivity index (χ4v) is 2.31. The first-order valence-corrected chi connectivity index (χ1v) is 6.63. The Morgan fingerprint density at radius 2 is 1.71 bits per heavy atom. The molecule has 0 saturated heterocycles. The van der Waals surface area contributed by atoms with Crippen molar-refractivity contribution in [2.24, 2.45) is 0 Å². The monoisotopic (exact) mass is 230 g/mol. The number of benzene rings is 1. The maximum atomic E-state index is 11.7. The number of rotatable bonds is 6. The molecule has 0 atom stereocenters. The maximum Gasteiger partial charge on any atom is 0.0443 e. The highest BCUT2D eigenvalue weighted by Crippen LogP contribution is 2.20. The summed E-state index contributed by atoms with van der Waals surface area (Å²) < 4.78 is 11.7. The molecule has 0 aliphatic carbocycles. The van der Waals surface area contributed by atoms with Crippen LogP contribution in [0.4, 0.5) is 3.89 Å². The van der Waals surface area contributed by atoms with Gasteiger partial charge in [-0.15, -0.1) is 11.8 Å². The van der Waals surface area contributed by atoms with Gasteiger partial charge in [-0.05, 0) is 37.7 Å². The summed E-state index contributed by atoms with van der Waals surface area (Å²) in [4.78, 5) is 1.31. The van der Waals surface area contributed by atoms with E-state index in [0.717, 1.165) is 18.6 Å². The second-order valence-corrected chi connectivity index (χ2v) is 4.98. The molecule has 0 radical (unpaired) electrons. The molecule has 0 heterocycles. The van der Waals surface area contributed by atoms with Crippen LogP contribution in [0.5, 0.6) is 0 Å². The lowest BCUT2D eigenvalue weighted by atomic mass is 10.2. The molecule has 0 fully saturated rings. The van der Waals surface area contributed by atoms with Gasteiger partial charge in [-0.1, -0.05) is 17.7 Å². The zero-order chi connectivity index (χ0) is 10.2.